The molecule has 1 nitrogen and oxygen atoms in total. The van der Waals surface area contributed by atoms with Crippen LogP contribution >= 0.6 is 0 Å². The molecule has 32 heavy (non-hydrogen) atoms. The van der Waals surface area contributed by atoms with Crippen LogP contribution in [0.2, 0.25) is 0 Å². The first-order valence-corrected chi connectivity index (χ1v) is 10.7. The monoisotopic (exact) mass is 627 g/mol. The van der Waals surface area contributed by atoms with E-state index in [-0.39, 0.29) is 50.7 Å². The minimum Gasteiger partial charge on any atom is -1.00 e. The van der Waals surface area contributed by atoms with Crippen LogP contribution in [0.25, 0.3) is 27.4 Å². The van der Waals surface area contributed by atoms with Crippen molar-refractivity contribution in [3.05, 3.63) is 95.2 Å². The third-order valence-electron chi connectivity index (χ3n) is 6.41. The van der Waals surface area contributed by atoms with Crippen LogP contribution < -0.4 is 24.8 Å². The van der Waals surface area contributed by atoms with Gasteiger partial charge in [0.1, 0.15) is 0 Å². The van der Waals surface area contributed by atoms with Crippen LogP contribution in [0.4, 0.5) is 0 Å². The van der Waals surface area contributed by atoms with Gasteiger partial charge in [0.2, 0.25) is 0 Å². The van der Waals surface area contributed by atoms with Crippen LogP contribution in [0.15, 0.2) is 77.9 Å². The van der Waals surface area contributed by atoms with E-state index in [0.29, 0.717) is 0 Å². The summed E-state index contributed by atoms with van der Waals surface area (Å²) in [6, 6.07) is 22.2. The zero-order chi connectivity index (χ0) is 19.8. The van der Waals surface area contributed by atoms with Gasteiger partial charge in [-0.2, -0.15) is 6.08 Å². The zero-order valence-corrected chi connectivity index (χ0v) is 23.7. The molecule has 2 aliphatic carbocycles. The molecule has 0 atom stereocenters. The summed E-state index contributed by atoms with van der Waals surface area (Å²) < 4.78 is 2.50. The van der Waals surface area contributed by atoms with Gasteiger partial charge in [-0.3, -0.25) is 6.08 Å². The predicted octanol–water partition coefficient (Wildman–Crippen LogP) is 1.47. The Hall–Kier alpha value is -1.48. The second-order valence-corrected chi connectivity index (χ2v) is 8.22. The fraction of sp³-hybridized carbons (Fsp3) is 0.250. The molecule has 1 aromatic heterocycles. The molecular formula is C28H27Cl2HfN. The van der Waals surface area contributed by atoms with Crippen LogP contribution in [-0.2, 0) is 38.7 Å². The normalized spacial score (nSPS) is 14.2. The number of fused-ring (bicyclic) bond motifs is 4. The Kier molecular flexibility index (Phi) is 9.69. The van der Waals surface area contributed by atoms with E-state index >= 15 is 0 Å². The van der Waals surface area contributed by atoms with E-state index in [9.17, 15) is 0 Å². The standard InChI is InChI=1S/C21H18N.C7H9.2ClH.Hf/c1-2-8-16-14-17(13-15(16)7-1)22-20-11-5-3-9-18(20)19-10-4-6-12-21(19)22;1-6-4-3-5-7(6)2;;;/h1-3,5,7-9,11,13-14H,4,6,10,12H2;4H,3H2,1-2H3;2*1H;/q2*-1;;;+4/p-2. The smallest absolute Gasteiger partial charge is 1.00 e. The van der Waals surface area contributed by atoms with Crippen LogP contribution in [0.3, 0.4) is 0 Å². The summed E-state index contributed by atoms with van der Waals surface area (Å²) in [5, 5.41) is 4.11. The van der Waals surface area contributed by atoms with E-state index in [0.717, 1.165) is 6.42 Å². The summed E-state index contributed by atoms with van der Waals surface area (Å²) in [5.41, 5.74) is 8.50. The first-order valence-electron chi connectivity index (χ1n) is 10.7. The Morgan fingerprint density at radius 3 is 2.31 bits per heavy atom. The third-order valence-corrected chi connectivity index (χ3v) is 6.41. The van der Waals surface area contributed by atoms with Crippen molar-refractivity contribution in [3.63, 3.8) is 0 Å². The largest absolute Gasteiger partial charge is 4.00 e. The van der Waals surface area contributed by atoms with Crippen molar-refractivity contribution in [2.45, 2.75) is 46.0 Å². The van der Waals surface area contributed by atoms with E-state index in [1.165, 1.54) is 69.9 Å². The number of benzene rings is 2. The molecule has 6 rings (SSSR count). The van der Waals surface area contributed by atoms with E-state index in [4.69, 9.17) is 0 Å². The van der Waals surface area contributed by atoms with E-state index in [2.05, 4.69) is 91.2 Å². The molecule has 3 aromatic carbocycles. The number of nitrogens with zero attached hydrogens (tertiary/aromatic N) is 1. The minimum atomic E-state index is 0. The van der Waals surface area contributed by atoms with E-state index < -0.39 is 0 Å². The van der Waals surface area contributed by atoms with Gasteiger partial charge < -0.3 is 29.4 Å². The van der Waals surface area contributed by atoms with Crippen LogP contribution in [-0.4, -0.2) is 4.57 Å². The molecule has 0 spiro atoms. The molecule has 0 aliphatic heterocycles. The van der Waals surface area contributed by atoms with Gasteiger partial charge in [0.25, 0.3) is 0 Å². The molecule has 0 unspecified atom stereocenters. The minimum absolute atomic E-state index is 0. The van der Waals surface area contributed by atoms with Gasteiger partial charge in [0.15, 0.2) is 0 Å². The molecule has 4 aromatic rings. The SMILES string of the molecule is CC1=[C-]CC=C1C.[Cl-].[Cl-].[Hf+4].c1ccc2[cH-]c(-n3c4c(c5ccccc53)CCCC4)cc2c1. The van der Waals surface area contributed by atoms with Gasteiger partial charge >= 0.3 is 25.8 Å². The second kappa shape index (κ2) is 11.6. The van der Waals surface area contributed by atoms with Gasteiger partial charge in [-0.15, -0.1) is 54.4 Å². The third kappa shape index (κ3) is 5.03. The molecule has 4 heteroatoms. The summed E-state index contributed by atoms with van der Waals surface area (Å²) in [5.74, 6) is 0. The molecular weight excluding hydrogens is 600 g/mol. The first-order chi connectivity index (χ1) is 14.2. The summed E-state index contributed by atoms with van der Waals surface area (Å²) in [7, 11) is 0. The number of para-hydroxylation sites is 1. The summed E-state index contributed by atoms with van der Waals surface area (Å²) in [6.07, 6.45) is 11.5. The van der Waals surface area contributed by atoms with Gasteiger partial charge in [-0.25, -0.2) is 11.1 Å². The molecule has 0 radical (unpaired) electrons. The quantitative estimate of drug-likeness (QED) is 0.223. The molecule has 0 N–H and O–H groups in total. The number of aryl methyl sites for hydroxylation is 1. The number of hydrogen-bond acceptors (Lipinski definition) is 0. The van der Waals surface area contributed by atoms with Gasteiger partial charge in [0.05, 0.1) is 5.52 Å². The Bertz CT molecular complexity index is 1210. The van der Waals surface area contributed by atoms with Crippen LogP contribution in [0, 0.1) is 6.08 Å². The topological polar surface area (TPSA) is 4.93 Å². The van der Waals surface area contributed by atoms with Gasteiger partial charge in [-0.05, 0) is 43.0 Å². The maximum absolute atomic E-state index is 3.19. The first kappa shape index (κ1) is 26.8. The number of hydrogen-bond donors (Lipinski definition) is 0. The summed E-state index contributed by atoms with van der Waals surface area (Å²) in [4.78, 5) is 0. The average molecular weight is 627 g/mol. The average Bonchev–Trinajstić information content (AvgIpc) is 3.43. The van der Waals surface area contributed by atoms with Crippen LogP contribution in [0.5, 0.6) is 0 Å². The molecule has 0 saturated heterocycles. The fourth-order valence-corrected chi connectivity index (χ4v) is 4.70. The Balaban J connectivity index is 0.000000317. The number of halogens is 2. The number of allylic oxidation sites excluding steroid dienone is 4. The van der Waals surface area contributed by atoms with Crippen molar-refractivity contribution in [1.82, 2.24) is 4.57 Å². The molecule has 2 aliphatic rings. The molecule has 0 amide bonds. The van der Waals surface area contributed by atoms with Crippen molar-refractivity contribution >= 4 is 21.7 Å². The molecule has 162 valence electrons. The Morgan fingerprint density at radius 2 is 1.62 bits per heavy atom. The maximum Gasteiger partial charge on any atom is 4.00 e. The van der Waals surface area contributed by atoms with Crippen molar-refractivity contribution in [1.29, 1.82) is 0 Å². The predicted molar refractivity (Wildman–Crippen MR) is 124 cm³/mol. The Labute approximate surface area is 222 Å². The Morgan fingerprint density at radius 1 is 0.906 bits per heavy atom. The van der Waals surface area contributed by atoms with Crippen molar-refractivity contribution in [3.8, 4) is 5.69 Å². The van der Waals surface area contributed by atoms with E-state index in [1.807, 2.05) is 0 Å². The van der Waals surface area contributed by atoms with Crippen molar-refractivity contribution in [2.24, 2.45) is 0 Å². The van der Waals surface area contributed by atoms with Gasteiger partial charge in [0, 0.05) is 11.1 Å². The van der Waals surface area contributed by atoms with Crippen molar-refractivity contribution in [2.75, 3.05) is 0 Å². The zero-order valence-electron chi connectivity index (χ0n) is 18.6. The fourth-order valence-electron chi connectivity index (χ4n) is 4.70. The molecule has 1 heterocycles. The molecule has 0 saturated carbocycles. The van der Waals surface area contributed by atoms with Crippen LogP contribution in [0.1, 0.15) is 44.4 Å². The molecule has 0 fully saturated rings. The number of rotatable bonds is 1. The number of aromatic nitrogens is 1. The summed E-state index contributed by atoms with van der Waals surface area (Å²) >= 11 is 0. The summed E-state index contributed by atoms with van der Waals surface area (Å²) in [6.45, 7) is 4.22. The van der Waals surface area contributed by atoms with Crippen molar-refractivity contribution < 1.29 is 50.7 Å². The second-order valence-electron chi connectivity index (χ2n) is 8.22. The maximum atomic E-state index is 3.19. The van der Waals surface area contributed by atoms with Gasteiger partial charge in [-0.1, -0.05) is 31.2 Å². The van der Waals surface area contributed by atoms with E-state index in [1.54, 1.807) is 5.56 Å². The molecule has 0 bridgehead atoms.